The maximum absolute atomic E-state index is 11.4. The Kier molecular flexibility index (Phi) is 6.20. The number of ether oxygens (including phenoxy) is 2. The molecule has 0 saturated carbocycles. The van der Waals surface area contributed by atoms with Gasteiger partial charge in [0, 0.05) is 39.8 Å². The van der Waals surface area contributed by atoms with Crippen molar-refractivity contribution in [1.82, 2.24) is 15.5 Å². The van der Waals surface area contributed by atoms with E-state index >= 15 is 0 Å². The number of aliphatic imine (C=N–C) groups is 1. The molecule has 0 spiro atoms. The van der Waals surface area contributed by atoms with E-state index in [9.17, 15) is 8.42 Å². The SMILES string of the molecule is CN=C(NCCc1ccc2c(c1)OCO2)NCCN1CCS(=O)(=O)CC1. The molecular formula is C17H26N4O4S. The van der Waals surface area contributed by atoms with Crippen LogP contribution < -0.4 is 20.1 Å². The Morgan fingerprint density at radius 1 is 1.15 bits per heavy atom. The molecule has 0 aliphatic carbocycles. The smallest absolute Gasteiger partial charge is 0.231 e. The van der Waals surface area contributed by atoms with Crippen LogP contribution in [-0.4, -0.2) is 77.3 Å². The Hall–Kier alpha value is -2.00. The van der Waals surface area contributed by atoms with Gasteiger partial charge in [0.15, 0.2) is 27.3 Å². The van der Waals surface area contributed by atoms with Crippen molar-refractivity contribution in [2.45, 2.75) is 6.42 Å². The van der Waals surface area contributed by atoms with Gasteiger partial charge in [0.25, 0.3) is 0 Å². The van der Waals surface area contributed by atoms with Gasteiger partial charge in [0.05, 0.1) is 11.5 Å². The fraction of sp³-hybridized carbons (Fsp3) is 0.588. The Bertz CT molecular complexity index is 737. The van der Waals surface area contributed by atoms with Crippen molar-refractivity contribution in [2.24, 2.45) is 4.99 Å². The first-order valence-corrected chi connectivity index (χ1v) is 10.6. The molecule has 9 heteroatoms. The Balaban J connectivity index is 1.34. The summed E-state index contributed by atoms with van der Waals surface area (Å²) in [7, 11) is -1.08. The first kappa shape index (κ1) is 18.8. The summed E-state index contributed by atoms with van der Waals surface area (Å²) in [6, 6.07) is 5.98. The maximum Gasteiger partial charge on any atom is 0.231 e. The van der Waals surface area contributed by atoms with E-state index in [-0.39, 0.29) is 18.3 Å². The summed E-state index contributed by atoms with van der Waals surface area (Å²) in [5, 5.41) is 6.56. The van der Waals surface area contributed by atoms with Crippen LogP contribution in [0.25, 0.3) is 0 Å². The Morgan fingerprint density at radius 2 is 1.88 bits per heavy atom. The van der Waals surface area contributed by atoms with Crippen molar-refractivity contribution in [3.63, 3.8) is 0 Å². The number of fused-ring (bicyclic) bond motifs is 1. The van der Waals surface area contributed by atoms with E-state index in [2.05, 4.69) is 20.5 Å². The molecule has 3 rings (SSSR count). The summed E-state index contributed by atoms with van der Waals surface area (Å²) in [5.41, 5.74) is 1.17. The van der Waals surface area contributed by atoms with Crippen LogP contribution in [0.2, 0.25) is 0 Å². The van der Waals surface area contributed by atoms with E-state index < -0.39 is 9.84 Å². The first-order valence-electron chi connectivity index (χ1n) is 8.81. The van der Waals surface area contributed by atoms with E-state index in [1.165, 1.54) is 5.56 Å². The van der Waals surface area contributed by atoms with Gasteiger partial charge in [0.1, 0.15) is 0 Å². The normalized spacial score (nSPS) is 19.3. The molecule has 0 bridgehead atoms. The van der Waals surface area contributed by atoms with Crippen LogP contribution in [0.4, 0.5) is 0 Å². The molecule has 2 N–H and O–H groups in total. The zero-order valence-corrected chi connectivity index (χ0v) is 15.8. The van der Waals surface area contributed by atoms with Crippen molar-refractivity contribution >= 4 is 15.8 Å². The maximum atomic E-state index is 11.4. The average Bonchev–Trinajstić information content (AvgIpc) is 3.09. The van der Waals surface area contributed by atoms with E-state index in [0.717, 1.165) is 43.5 Å². The molecule has 0 radical (unpaired) electrons. The fourth-order valence-corrected chi connectivity index (χ4v) is 4.23. The van der Waals surface area contributed by atoms with Gasteiger partial charge in [-0.15, -0.1) is 0 Å². The number of hydrogen-bond acceptors (Lipinski definition) is 6. The Morgan fingerprint density at radius 3 is 2.65 bits per heavy atom. The molecular weight excluding hydrogens is 356 g/mol. The second-order valence-corrected chi connectivity index (χ2v) is 8.66. The quantitative estimate of drug-likeness (QED) is 0.522. The fourth-order valence-electron chi connectivity index (χ4n) is 2.95. The van der Waals surface area contributed by atoms with Gasteiger partial charge in [-0.3, -0.25) is 9.89 Å². The number of rotatable bonds is 6. The number of benzene rings is 1. The molecule has 144 valence electrons. The van der Waals surface area contributed by atoms with Gasteiger partial charge in [0.2, 0.25) is 6.79 Å². The summed E-state index contributed by atoms with van der Waals surface area (Å²) in [6.07, 6.45) is 0.849. The van der Waals surface area contributed by atoms with Gasteiger partial charge in [-0.2, -0.15) is 0 Å². The third-order valence-electron chi connectivity index (χ3n) is 4.52. The zero-order chi connectivity index (χ0) is 18.4. The van der Waals surface area contributed by atoms with Crippen molar-refractivity contribution in [1.29, 1.82) is 0 Å². The highest BCUT2D eigenvalue weighted by molar-refractivity contribution is 7.91. The molecule has 8 nitrogen and oxygen atoms in total. The van der Waals surface area contributed by atoms with Crippen LogP contribution in [0.5, 0.6) is 11.5 Å². The highest BCUT2D eigenvalue weighted by atomic mass is 32.2. The van der Waals surface area contributed by atoms with Gasteiger partial charge >= 0.3 is 0 Å². The number of hydrogen-bond donors (Lipinski definition) is 2. The molecule has 1 aromatic carbocycles. The molecule has 2 aliphatic rings. The lowest BCUT2D eigenvalue weighted by Crippen LogP contribution is -2.46. The number of guanidine groups is 1. The minimum absolute atomic E-state index is 0.259. The lowest BCUT2D eigenvalue weighted by Gasteiger charge is -2.26. The zero-order valence-electron chi connectivity index (χ0n) is 15.0. The standard InChI is InChI=1S/C17H26N4O4S/c1-18-17(20-6-7-21-8-10-26(22,23)11-9-21)19-5-4-14-2-3-15-16(12-14)25-13-24-15/h2-3,12H,4-11,13H2,1H3,(H2,18,19,20). The van der Waals surface area contributed by atoms with Crippen LogP contribution in [-0.2, 0) is 16.3 Å². The molecule has 1 saturated heterocycles. The van der Waals surface area contributed by atoms with E-state index in [1.54, 1.807) is 7.05 Å². The molecule has 0 atom stereocenters. The average molecular weight is 382 g/mol. The van der Waals surface area contributed by atoms with Gasteiger partial charge in [-0.1, -0.05) is 6.07 Å². The molecule has 0 amide bonds. The predicted octanol–water partition coefficient (Wildman–Crippen LogP) is -0.147. The molecule has 1 fully saturated rings. The monoisotopic (exact) mass is 382 g/mol. The number of sulfone groups is 1. The van der Waals surface area contributed by atoms with Crippen molar-refractivity contribution in [2.75, 3.05) is 58.1 Å². The van der Waals surface area contributed by atoms with E-state index in [4.69, 9.17) is 9.47 Å². The minimum atomic E-state index is -2.82. The third kappa shape index (κ3) is 5.25. The number of nitrogens with one attached hydrogen (secondary N) is 2. The lowest BCUT2D eigenvalue weighted by molar-refractivity contribution is 0.174. The molecule has 1 aromatic rings. The topological polar surface area (TPSA) is 92.3 Å². The summed E-state index contributed by atoms with van der Waals surface area (Å²) in [5.74, 6) is 2.86. The molecule has 26 heavy (non-hydrogen) atoms. The van der Waals surface area contributed by atoms with Crippen molar-refractivity contribution in [3.05, 3.63) is 23.8 Å². The van der Waals surface area contributed by atoms with Crippen LogP contribution in [0, 0.1) is 0 Å². The van der Waals surface area contributed by atoms with Crippen LogP contribution in [0.3, 0.4) is 0 Å². The third-order valence-corrected chi connectivity index (χ3v) is 6.13. The molecule has 0 unspecified atom stereocenters. The second kappa shape index (κ2) is 8.59. The van der Waals surface area contributed by atoms with Crippen LogP contribution >= 0.6 is 0 Å². The summed E-state index contributed by atoms with van der Waals surface area (Å²) < 4.78 is 33.6. The summed E-state index contributed by atoms with van der Waals surface area (Å²) in [4.78, 5) is 6.38. The van der Waals surface area contributed by atoms with E-state index in [0.29, 0.717) is 13.1 Å². The van der Waals surface area contributed by atoms with Crippen LogP contribution in [0.1, 0.15) is 5.56 Å². The largest absolute Gasteiger partial charge is 0.454 e. The predicted molar refractivity (Wildman–Crippen MR) is 101 cm³/mol. The molecule has 0 aromatic heterocycles. The van der Waals surface area contributed by atoms with Crippen molar-refractivity contribution < 1.29 is 17.9 Å². The highest BCUT2D eigenvalue weighted by Crippen LogP contribution is 2.32. The van der Waals surface area contributed by atoms with Gasteiger partial charge in [-0.05, 0) is 24.1 Å². The van der Waals surface area contributed by atoms with Crippen LogP contribution in [0.15, 0.2) is 23.2 Å². The first-order chi connectivity index (χ1) is 12.6. The van der Waals surface area contributed by atoms with Crippen molar-refractivity contribution in [3.8, 4) is 11.5 Å². The summed E-state index contributed by atoms with van der Waals surface area (Å²) >= 11 is 0. The van der Waals surface area contributed by atoms with Gasteiger partial charge < -0.3 is 20.1 Å². The summed E-state index contributed by atoms with van der Waals surface area (Å²) in [6.45, 7) is 3.79. The highest BCUT2D eigenvalue weighted by Gasteiger charge is 2.20. The van der Waals surface area contributed by atoms with Gasteiger partial charge in [-0.25, -0.2) is 8.42 Å². The number of nitrogens with zero attached hydrogens (tertiary/aromatic N) is 2. The Labute approximate surface area is 154 Å². The second-order valence-electron chi connectivity index (χ2n) is 6.36. The molecule has 2 heterocycles. The molecule has 2 aliphatic heterocycles. The minimum Gasteiger partial charge on any atom is -0.454 e. The lowest BCUT2D eigenvalue weighted by atomic mass is 10.1. The van der Waals surface area contributed by atoms with E-state index in [1.807, 2.05) is 18.2 Å².